The molecule has 0 aliphatic carbocycles. The second-order valence-corrected chi connectivity index (χ2v) is 5.97. The lowest BCUT2D eigenvalue weighted by atomic mass is 10.2. The number of alkyl halides is 1. The van der Waals surface area contributed by atoms with E-state index in [0.29, 0.717) is 5.88 Å². The third kappa shape index (κ3) is 2.54. The first-order chi connectivity index (χ1) is 10.1. The molecule has 0 radical (unpaired) electrons. The highest BCUT2D eigenvalue weighted by atomic mass is 79.9. The molecule has 3 nitrogen and oxygen atoms in total. The van der Waals surface area contributed by atoms with Gasteiger partial charge in [-0.1, -0.05) is 15.9 Å². The minimum absolute atomic E-state index is 0.359. The molecule has 1 aromatic heterocycles. The molecule has 0 spiro atoms. The first kappa shape index (κ1) is 14.4. The fourth-order valence-corrected chi connectivity index (χ4v) is 2.99. The monoisotopic (exact) mass is 364 g/mol. The predicted molar refractivity (Wildman–Crippen MR) is 89.6 cm³/mol. The Morgan fingerprint density at radius 3 is 2.71 bits per heavy atom. The van der Waals surface area contributed by atoms with Crippen LogP contribution in [0.15, 0.2) is 40.9 Å². The van der Waals surface area contributed by atoms with E-state index in [2.05, 4.69) is 38.5 Å². The van der Waals surface area contributed by atoms with Gasteiger partial charge in [-0.3, -0.25) is 4.57 Å². The summed E-state index contributed by atoms with van der Waals surface area (Å²) in [6.45, 7) is 2.06. The number of methoxy groups -OCH3 is 1. The summed E-state index contributed by atoms with van der Waals surface area (Å²) in [7, 11) is 1.67. The zero-order valence-electron chi connectivity index (χ0n) is 11.7. The number of nitrogens with zero attached hydrogens (tertiary/aromatic N) is 2. The van der Waals surface area contributed by atoms with E-state index in [1.54, 1.807) is 7.11 Å². The largest absolute Gasteiger partial charge is 0.497 e. The lowest BCUT2D eigenvalue weighted by Crippen LogP contribution is -2.02. The van der Waals surface area contributed by atoms with Crippen molar-refractivity contribution in [3.63, 3.8) is 0 Å². The number of halogens is 2. The van der Waals surface area contributed by atoms with E-state index in [-0.39, 0.29) is 0 Å². The van der Waals surface area contributed by atoms with Gasteiger partial charge in [0.05, 0.1) is 29.7 Å². The van der Waals surface area contributed by atoms with E-state index in [1.807, 2.05) is 30.3 Å². The van der Waals surface area contributed by atoms with Gasteiger partial charge in [0.15, 0.2) is 0 Å². The Balaban J connectivity index is 2.30. The molecule has 3 rings (SSSR count). The molecule has 0 atom stereocenters. The maximum absolute atomic E-state index is 6.08. The summed E-state index contributed by atoms with van der Waals surface area (Å²) >= 11 is 9.60. The van der Waals surface area contributed by atoms with Crippen molar-refractivity contribution in [2.24, 2.45) is 0 Å². The van der Waals surface area contributed by atoms with E-state index in [9.17, 15) is 0 Å². The van der Waals surface area contributed by atoms with Crippen molar-refractivity contribution < 1.29 is 4.74 Å². The molecule has 5 heteroatoms. The average molecular weight is 366 g/mol. The van der Waals surface area contributed by atoms with Crippen LogP contribution in [0.25, 0.3) is 16.7 Å². The lowest BCUT2D eigenvalue weighted by Gasteiger charge is -2.12. The minimum Gasteiger partial charge on any atom is -0.497 e. The van der Waals surface area contributed by atoms with Crippen LogP contribution in [-0.4, -0.2) is 16.7 Å². The molecule has 0 unspecified atom stereocenters. The van der Waals surface area contributed by atoms with Crippen LogP contribution in [0.5, 0.6) is 5.75 Å². The van der Waals surface area contributed by atoms with Crippen LogP contribution in [0.1, 0.15) is 11.4 Å². The third-order valence-electron chi connectivity index (χ3n) is 3.45. The zero-order chi connectivity index (χ0) is 15.0. The molecular formula is C16H14BrClN2O. The number of hydrogen-bond donors (Lipinski definition) is 0. The molecule has 3 aromatic rings. The summed E-state index contributed by atoms with van der Waals surface area (Å²) in [5, 5.41) is 0. The summed E-state index contributed by atoms with van der Waals surface area (Å²) < 4.78 is 8.39. The highest BCUT2D eigenvalue weighted by Gasteiger charge is 2.14. The number of hydrogen-bond acceptors (Lipinski definition) is 2. The molecule has 0 saturated heterocycles. The van der Waals surface area contributed by atoms with Crippen LogP contribution in [-0.2, 0) is 5.88 Å². The van der Waals surface area contributed by atoms with Gasteiger partial charge in [0.25, 0.3) is 0 Å². The molecule has 21 heavy (non-hydrogen) atoms. The van der Waals surface area contributed by atoms with Gasteiger partial charge in [-0.25, -0.2) is 4.98 Å². The summed E-state index contributed by atoms with van der Waals surface area (Å²) in [5.74, 6) is 2.03. The summed E-state index contributed by atoms with van der Waals surface area (Å²) in [5.41, 5.74) is 4.14. The smallest absolute Gasteiger partial charge is 0.129 e. The predicted octanol–water partition coefficient (Wildman–Crippen LogP) is 4.84. The molecular weight excluding hydrogens is 352 g/mol. The van der Waals surface area contributed by atoms with Gasteiger partial charge < -0.3 is 4.74 Å². The van der Waals surface area contributed by atoms with Crippen LogP contribution in [0, 0.1) is 6.92 Å². The highest BCUT2D eigenvalue weighted by Crippen LogP contribution is 2.28. The van der Waals surface area contributed by atoms with Gasteiger partial charge in [-0.15, -0.1) is 11.6 Å². The zero-order valence-corrected chi connectivity index (χ0v) is 14.1. The molecule has 0 aliphatic rings. The number of benzene rings is 2. The third-order valence-corrected chi connectivity index (χ3v) is 4.18. The van der Waals surface area contributed by atoms with Gasteiger partial charge in [0.1, 0.15) is 11.6 Å². The molecule has 108 valence electrons. The van der Waals surface area contributed by atoms with Gasteiger partial charge >= 0.3 is 0 Å². The van der Waals surface area contributed by atoms with Gasteiger partial charge in [-0.2, -0.15) is 0 Å². The minimum atomic E-state index is 0.359. The van der Waals surface area contributed by atoms with Crippen LogP contribution in [0.2, 0.25) is 0 Å². The highest BCUT2D eigenvalue weighted by molar-refractivity contribution is 9.10. The Labute approximate surface area is 136 Å². The van der Waals surface area contributed by atoms with Crippen LogP contribution in [0.3, 0.4) is 0 Å². The van der Waals surface area contributed by atoms with Crippen molar-refractivity contribution in [2.45, 2.75) is 12.8 Å². The summed E-state index contributed by atoms with van der Waals surface area (Å²) in [4.78, 5) is 4.61. The van der Waals surface area contributed by atoms with Crippen molar-refractivity contribution >= 4 is 38.6 Å². The van der Waals surface area contributed by atoms with Crippen molar-refractivity contribution in [2.75, 3.05) is 7.11 Å². The van der Waals surface area contributed by atoms with Crippen molar-refractivity contribution in [1.29, 1.82) is 0 Å². The Morgan fingerprint density at radius 2 is 2.05 bits per heavy atom. The van der Waals surface area contributed by atoms with Crippen molar-refractivity contribution in [3.05, 3.63) is 52.3 Å². The van der Waals surface area contributed by atoms with Gasteiger partial charge in [0.2, 0.25) is 0 Å². The van der Waals surface area contributed by atoms with Crippen LogP contribution in [0.4, 0.5) is 0 Å². The molecule has 0 amide bonds. The number of fused-ring (bicyclic) bond motifs is 1. The van der Waals surface area contributed by atoms with E-state index in [0.717, 1.165) is 38.3 Å². The summed E-state index contributed by atoms with van der Waals surface area (Å²) in [6.07, 6.45) is 0. The number of ether oxygens (including phenoxy) is 1. The number of rotatable bonds is 3. The average Bonchev–Trinajstić information content (AvgIpc) is 2.84. The molecule has 0 N–H and O–H groups in total. The lowest BCUT2D eigenvalue weighted by molar-refractivity contribution is 0.414. The Morgan fingerprint density at radius 1 is 1.24 bits per heavy atom. The van der Waals surface area contributed by atoms with Gasteiger partial charge in [-0.05, 0) is 48.9 Å². The fourth-order valence-electron chi connectivity index (χ4n) is 2.46. The Bertz CT molecular complexity index is 813. The van der Waals surface area contributed by atoms with Crippen molar-refractivity contribution in [3.8, 4) is 11.4 Å². The molecule has 0 aliphatic heterocycles. The SMILES string of the molecule is COc1ccc(-n2c(CCl)nc3ccc(Br)cc32)c(C)c1. The topological polar surface area (TPSA) is 27.1 Å². The quantitative estimate of drug-likeness (QED) is 0.621. The summed E-state index contributed by atoms with van der Waals surface area (Å²) in [6, 6.07) is 12.0. The van der Waals surface area contributed by atoms with E-state index >= 15 is 0 Å². The van der Waals surface area contributed by atoms with E-state index in [1.165, 1.54) is 0 Å². The normalized spacial score (nSPS) is 11.0. The van der Waals surface area contributed by atoms with Crippen molar-refractivity contribution in [1.82, 2.24) is 9.55 Å². The molecule has 1 heterocycles. The Kier molecular flexibility index (Phi) is 3.91. The second-order valence-electron chi connectivity index (χ2n) is 4.78. The van der Waals surface area contributed by atoms with E-state index in [4.69, 9.17) is 16.3 Å². The van der Waals surface area contributed by atoms with E-state index < -0.39 is 0 Å². The first-order valence-electron chi connectivity index (χ1n) is 6.52. The van der Waals surface area contributed by atoms with Crippen LogP contribution < -0.4 is 4.74 Å². The number of aromatic nitrogens is 2. The first-order valence-corrected chi connectivity index (χ1v) is 7.84. The maximum Gasteiger partial charge on any atom is 0.129 e. The number of aryl methyl sites for hydroxylation is 1. The molecule has 0 bridgehead atoms. The fraction of sp³-hybridized carbons (Fsp3) is 0.188. The van der Waals surface area contributed by atoms with Gasteiger partial charge in [0, 0.05) is 4.47 Å². The van der Waals surface area contributed by atoms with Crippen LogP contribution >= 0.6 is 27.5 Å². The number of imidazole rings is 1. The maximum atomic E-state index is 6.08. The molecule has 0 saturated carbocycles. The molecule has 2 aromatic carbocycles. The molecule has 0 fully saturated rings. The Hall–Kier alpha value is -1.52. The second kappa shape index (κ2) is 5.70. The standard InChI is InChI=1S/C16H14BrClN2O/c1-10-7-12(21-2)4-6-14(10)20-15-8-11(17)3-5-13(15)19-16(20)9-18/h3-8H,9H2,1-2H3.